The van der Waals surface area contributed by atoms with Crippen molar-refractivity contribution in [3.05, 3.63) is 26.8 Å². The van der Waals surface area contributed by atoms with Crippen LogP contribution in [-0.4, -0.2) is 54.5 Å². The predicted molar refractivity (Wildman–Crippen MR) is 109 cm³/mol. The maximum atomic E-state index is 12.8. The van der Waals surface area contributed by atoms with Crippen molar-refractivity contribution in [2.24, 2.45) is 0 Å². The lowest BCUT2D eigenvalue weighted by atomic mass is 10.0. The second kappa shape index (κ2) is 8.76. The summed E-state index contributed by atoms with van der Waals surface area (Å²) in [6.07, 6.45) is 0.109. The molecule has 1 aromatic carbocycles. The number of ether oxygens (including phenoxy) is 1. The molecule has 2 heterocycles. The number of nitrogens with one attached hydrogen (secondary N) is 3. The summed E-state index contributed by atoms with van der Waals surface area (Å²) in [5.41, 5.74) is 2.28. The number of piperidine rings is 1. The zero-order valence-electron chi connectivity index (χ0n) is 15.3. The van der Waals surface area contributed by atoms with Crippen LogP contribution in [0.25, 0.3) is 0 Å². The molecular weight excluding hydrogens is 479 g/mol. The first kappa shape index (κ1) is 20.4. The quantitative estimate of drug-likeness (QED) is 0.307. The number of nitrogens with zero attached hydrogens (tertiary/aromatic N) is 1. The zero-order chi connectivity index (χ0) is 20.3. The van der Waals surface area contributed by atoms with Crippen molar-refractivity contribution in [2.45, 2.75) is 32.4 Å². The van der Waals surface area contributed by atoms with E-state index in [9.17, 15) is 19.2 Å². The van der Waals surface area contributed by atoms with Crippen LogP contribution in [0.1, 0.15) is 35.7 Å². The average molecular weight is 500 g/mol. The van der Waals surface area contributed by atoms with Crippen LogP contribution in [-0.2, 0) is 20.9 Å². The van der Waals surface area contributed by atoms with Gasteiger partial charge in [-0.15, -0.1) is 0 Å². The SMILES string of the molecule is CCOC(=O)NCCNc1ccc2c(c1I)CN(C1CCC(=O)NC1=O)C2=O. The Bertz CT molecular complexity index is 828. The van der Waals surface area contributed by atoms with Gasteiger partial charge in [0.05, 0.1) is 6.61 Å². The van der Waals surface area contributed by atoms with Crippen molar-refractivity contribution < 1.29 is 23.9 Å². The van der Waals surface area contributed by atoms with Gasteiger partial charge in [0, 0.05) is 40.9 Å². The molecule has 3 N–H and O–H groups in total. The molecule has 4 amide bonds. The molecule has 2 aliphatic heterocycles. The van der Waals surface area contributed by atoms with Gasteiger partial charge in [-0.25, -0.2) is 4.79 Å². The number of fused-ring (bicyclic) bond motifs is 1. The molecule has 3 rings (SSSR count). The van der Waals surface area contributed by atoms with E-state index >= 15 is 0 Å². The Balaban J connectivity index is 1.65. The Labute approximate surface area is 175 Å². The van der Waals surface area contributed by atoms with Crippen LogP contribution in [0.3, 0.4) is 0 Å². The summed E-state index contributed by atoms with van der Waals surface area (Å²) < 4.78 is 5.70. The second-order valence-electron chi connectivity index (χ2n) is 6.43. The third-order valence-electron chi connectivity index (χ3n) is 4.63. The molecule has 0 bridgehead atoms. The average Bonchev–Trinajstić information content (AvgIpc) is 2.98. The van der Waals surface area contributed by atoms with Crippen molar-refractivity contribution in [3.8, 4) is 0 Å². The number of hydrogen-bond donors (Lipinski definition) is 3. The second-order valence-corrected chi connectivity index (χ2v) is 7.51. The number of carbonyl (C=O) groups is 4. The van der Waals surface area contributed by atoms with Gasteiger partial charge in [0.15, 0.2) is 0 Å². The fraction of sp³-hybridized carbons (Fsp3) is 0.444. The van der Waals surface area contributed by atoms with Gasteiger partial charge in [-0.1, -0.05) is 0 Å². The van der Waals surface area contributed by atoms with Gasteiger partial charge in [-0.05, 0) is 53.6 Å². The fourth-order valence-electron chi connectivity index (χ4n) is 3.28. The summed E-state index contributed by atoms with van der Waals surface area (Å²) in [6.45, 7) is 3.28. The minimum absolute atomic E-state index is 0.196. The molecule has 0 spiro atoms. The zero-order valence-corrected chi connectivity index (χ0v) is 17.5. The third-order valence-corrected chi connectivity index (χ3v) is 5.87. The van der Waals surface area contributed by atoms with Crippen LogP contribution in [0.5, 0.6) is 0 Å². The van der Waals surface area contributed by atoms with Crippen LogP contribution >= 0.6 is 22.6 Å². The fourth-order valence-corrected chi connectivity index (χ4v) is 4.12. The summed E-state index contributed by atoms with van der Waals surface area (Å²) in [6, 6.07) is 2.93. The Morgan fingerprint density at radius 2 is 2.11 bits per heavy atom. The van der Waals surface area contributed by atoms with Gasteiger partial charge in [-0.3, -0.25) is 19.7 Å². The highest BCUT2D eigenvalue weighted by atomic mass is 127. The van der Waals surface area contributed by atoms with Crippen molar-refractivity contribution in [3.63, 3.8) is 0 Å². The molecular formula is C18H21IN4O5. The number of imide groups is 1. The number of rotatable bonds is 6. The van der Waals surface area contributed by atoms with Crippen molar-refractivity contribution >= 4 is 52.1 Å². The lowest BCUT2D eigenvalue weighted by molar-refractivity contribution is -0.136. The van der Waals surface area contributed by atoms with E-state index in [1.165, 1.54) is 4.90 Å². The molecule has 2 aliphatic rings. The van der Waals surface area contributed by atoms with Crippen molar-refractivity contribution in [2.75, 3.05) is 25.0 Å². The molecule has 1 saturated heterocycles. The third kappa shape index (κ3) is 4.21. The molecule has 0 aliphatic carbocycles. The van der Waals surface area contributed by atoms with Crippen LogP contribution < -0.4 is 16.0 Å². The first-order chi connectivity index (χ1) is 13.4. The normalized spacial score (nSPS) is 18.6. The highest BCUT2D eigenvalue weighted by Crippen LogP contribution is 2.34. The lowest BCUT2D eigenvalue weighted by Gasteiger charge is -2.29. The minimum atomic E-state index is -0.626. The van der Waals surface area contributed by atoms with Gasteiger partial charge in [-0.2, -0.15) is 0 Å². The molecule has 1 atom stereocenters. The van der Waals surface area contributed by atoms with Gasteiger partial charge >= 0.3 is 6.09 Å². The Kier molecular flexibility index (Phi) is 6.37. The molecule has 9 nitrogen and oxygen atoms in total. The van der Waals surface area contributed by atoms with Gasteiger partial charge < -0.3 is 20.3 Å². The van der Waals surface area contributed by atoms with E-state index in [0.29, 0.717) is 38.2 Å². The lowest BCUT2D eigenvalue weighted by Crippen LogP contribution is -2.52. The number of carbonyl (C=O) groups excluding carboxylic acids is 4. The number of alkyl carbamates (subject to hydrolysis) is 1. The molecule has 0 radical (unpaired) electrons. The molecule has 28 heavy (non-hydrogen) atoms. The maximum absolute atomic E-state index is 12.8. The Morgan fingerprint density at radius 1 is 1.32 bits per heavy atom. The monoisotopic (exact) mass is 500 g/mol. The highest BCUT2D eigenvalue weighted by molar-refractivity contribution is 14.1. The standard InChI is InChI=1S/C18H21IN4O5/c1-2-28-18(27)21-8-7-20-12-4-3-10-11(15(12)19)9-23(17(10)26)13-5-6-14(24)22-16(13)25/h3-4,13,20H,2,5-9H2,1H3,(H,21,27)(H,22,24,25). The van der Waals surface area contributed by atoms with Crippen molar-refractivity contribution in [1.82, 2.24) is 15.5 Å². The highest BCUT2D eigenvalue weighted by Gasteiger charge is 2.40. The summed E-state index contributed by atoms with van der Waals surface area (Å²) in [5.74, 6) is -0.920. The minimum Gasteiger partial charge on any atom is -0.450 e. The largest absolute Gasteiger partial charge is 0.450 e. The van der Waals surface area contributed by atoms with E-state index in [0.717, 1.165) is 14.8 Å². The van der Waals surface area contributed by atoms with E-state index in [1.54, 1.807) is 13.0 Å². The van der Waals surface area contributed by atoms with Crippen LogP contribution in [0.4, 0.5) is 10.5 Å². The first-order valence-corrected chi connectivity index (χ1v) is 10.1. The number of hydrogen-bond acceptors (Lipinski definition) is 6. The topological polar surface area (TPSA) is 117 Å². The summed E-state index contributed by atoms with van der Waals surface area (Å²) in [5, 5.41) is 8.16. The van der Waals surface area contributed by atoms with E-state index in [-0.39, 0.29) is 18.2 Å². The molecule has 0 saturated carbocycles. The van der Waals surface area contributed by atoms with E-state index in [2.05, 4.69) is 38.5 Å². The van der Waals surface area contributed by atoms with Gasteiger partial charge in [0.1, 0.15) is 6.04 Å². The first-order valence-electron chi connectivity index (χ1n) is 9.03. The molecule has 1 fully saturated rings. The van der Waals surface area contributed by atoms with E-state index in [1.807, 2.05) is 6.07 Å². The van der Waals surface area contributed by atoms with Crippen molar-refractivity contribution in [1.29, 1.82) is 0 Å². The molecule has 1 aromatic rings. The number of anilines is 1. The summed E-state index contributed by atoms with van der Waals surface area (Å²) >= 11 is 2.18. The Morgan fingerprint density at radius 3 is 2.82 bits per heavy atom. The molecule has 150 valence electrons. The predicted octanol–water partition coefficient (Wildman–Crippen LogP) is 1.21. The van der Waals surface area contributed by atoms with Crippen LogP contribution in [0.15, 0.2) is 12.1 Å². The smallest absolute Gasteiger partial charge is 0.407 e. The molecule has 1 unspecified atom stereocenters. The maximum Gasteiger partial charge on any atom is 0.407 e. The van der Waals surface area contributed by atoms with Crippen LogP contribution in [0, 0.1) is 3.57 Å². The molecule has 10 heteroatoms. The Hall–Kier alpha value is -2.37. The van der Waals surface area contributed by atoms with Gasteiger partial charge in [0.2, 0.25) is 11.8 Å². The molecule has 0 aromatic heterocycles. The van der Waals surface area contributed by atoms with Crippen LogP contribution in [0.2, 0.25) is 0 Å². The summed E-state index contributed by atoms with van der Waals surface area (Å²) in [4.78, 5) is 49.1. The number of amides is 4. The van der Waals surface area contributed by atoms with Gasteiger partial charge in [0.25, 0.3) is 5.91 Å². The van der Waals surface area contributed by atoms with E-state index in [4.69, 9.17) is 4.74 Å². The summed E-state index contributed by atoms with van der Waals surface area (Å²) in [7, 11) is 0. The van der Waals surface area contributed by atoms with E-state index < -0.39 is 18.0 Å². The number of benzene rings is 1. The number of halogens is 1.